The van der Waals surface area contributed by atoms with Gasteiger partial charge in [-0.3, -0.25) is 15.1 Å². The van der Waals surface area contributed by atoms with Crippen LogP contribution in [-0.4, -0.2) is 34.0 Å². The third-order valence-corrected chi connectivity index (χ3v) is 4.40. The molecule has 1 aromatic carbocycles. The summed E-state index contributed by atoms with van der Waals surface area (Å²) in [4.78, 5) is 26.0. The molecule has 0 aromatic heterocycles. The SMILES string of the molecule is CC(C)CC1(C)NC(=N)N(Cc2ccc(CNC(=O)OC(C)(C)C)cc2)C1=O. The number of guanidine groups is 1. The molecule has 1 aromatic rings. The van der Waals surface area contributed by atoms with Crippen molar-refractivity contribution in [2.45, 2.75) is 72.2 Å². The molecule has 0 aliphatic carbocycles. The Morgan fingerprint density at radius 1 is 1.25 bits per heavy atom. The fourth-order valence-corrected chi connectivity index (χ4v) is 3.32. The zero-order valence-corrected chi connectivity index (χ0v) is 17.7. The predicted molar refractivity (Wildman–Crippen MR) is 109 cm³/mol. The highest BCUT2D eigenvalue weighted by Gasteiger charge is 2.45. The molecule has 1 heterocycles. The lowest BCUT2D eigenvalue weighted by atomic mass is 9.91. The van der Waals surface area contributed by atoms with Crippen LogP contribution in [0.5, 0.6) is 0 Å². The van der Waals surface area contributed by atoms with Crippen molar-refractivity contribution in [2.75, 3.05) is 0 Å². The molecule has 2 rings (SSSR count). The van der Waals surface area contributed by atoms with Crippen molar-refractivity contribution in [3.63, 3.8) is 0 Å². The van der Waals surface area contributed by atoms with Crippen molar-refractivity contribution < 1.29 is 14.3 Å². The second kappa shape index (κ2) is 8.20. The van der Waals surface area contributed by atoms with Gasteiger partial charge in [-0.15, -0.1) is 0 Å². The van der Waals surface area contributed by atoms with Gasteiger partial charge in [0, 0.05) is 6.54 Å². The van der Waals surface area contributed by atoms with Crippen molar-refractivity contribution >= 4 is 18.0 Å². The highest BCUT2D eigenvalue weighted by Crippen LogP contribution is 2.26. The number of benzene rings is 1. The summed E-state index contributed by atoms with van der Waals surface area (Å²) >= 11 is 0. The van der Waals surface area contributed by atoms with Gasteiger partial charge in [0.05, 0.1) is 6.54 Å². The van der Waals surface area contributed by atoms with Gasteiger partial charge in [-0.05, 0) is 51.2 Å². The van der Waals surface area contributed by atoms with E-state index in [1.54, 1.807) is 0 Å². The zero-order valence-electron chi connectivity index (χ0n) is 17.7. The maximum absolute atomic E-state index is 12.8. The standard InChI is InChI=1S/C21H32N4O3/c1-14(2)11-21(6)17(26)25(18(22)24-21)13-16-9-7-15(8-10-16)12-23-19(27)28-20(3,4)5/h7-10,14H,11-13H2,1-6H3,(H2,22,24)(H,23,27). The first kappa shape index (κ1) is 21.7. The van der Waals surface area contributed by atoms with Gasteiger partial charge >= 0.3 is 6.09 Å². The zero-order chi connectivity index (χ0) is 21.1. The van der Waals surface area contributed by atoms with Crippen molar-refractivity contribution in [3.05, 3.63) is 35.4 Å². The van der Waals surface area contributed by atoms with Gasteiger partial charge in [-0.2, -0.15) is 0 Å². The molecule has 0 radical (unpaired) electrons. The molecule has 1 fully saturated rings. The summed E-state index contributed by atoms with van der Waals surface area (Å²) in [5, 5.41) is 13.9. The smallest absolute Gasteiger partial charge is 0.407 e. The molecule has 1 aliphatic rings. The van der Waals surface area contributed by atoms with Gasteiger partial charge < -0.3 is 15.4 Å². The molecule has 1 unspecified atom stereocenters. The molecule has 2 amide bonds. The van der Waals surface area contributed by atoms with E-state index in [1.807, 2.05) is 52.0 Å². The summed E-state index contributed by atoms with van der Waals surface area (Å²) in [6, 6.07) is 7.62. The van der Waals surface area contributed by atoms with Gasteiger partial charge in [0.15, 0.2) is 5.96 Å². The molecular formula is C21H32N4O3. The Morgan fingerprint density at radius 2 is 1.82 bits per heavy atom. The van der Waals surface area contributed by atoms with E-state index in [0.29, 0.717) is 25.4 Å². The fraction of sp³-hybridized carbons (Fsp3) is 0.571. The third kappa shape index (κ3) is 5.71. The molecule has 3 N–H and O–H groups in total. The number of nitrogens with one attached hydrogen (secondary N) is 3. The highest BCUT2D eigenvalue weighted by molar-refractivity contribution is 6.07. The van der Waals surface area contributed by atoms with E-state index in [4.69, 9.17) is 10.1 Å². The van der Waals surface area contributed by atoms with E-state index in [1.165, 1.54) is 4.90 Å². The number of hydrogen-bond acceptors (Lipinski definition) is 4. The first-order valence-electron chi connectivity index (χ1n) is 9.63. The van der Waals surface area contributed by atoms with Crippen LogP contribution < -0.4 is 10.6 Å². The van der Waals surface area contributed by atoms with Crippen LogP contribution in [0.3, 0.4) is 0 Å². The van der Waals surface area contributed by atoms with E-state index in [0.717, 1.165) is 11.1 Å². The lowest BCUT2D eigenvalue weighted by Crippen LogP contribution is -2.44. The van der Waals surface area contributed by atoms with Crippen LogP contribution >= 0.6 is 0 Å². The maximum atomic E-state index is 12.8. The Hall–Kier alpha value is -2.57. The molecule has 7 heteroatoms. The summed E-state index contributed by atoms with van der Waals surface area (Å²) in [7, 11) is 0. The van der Waals surface area contributed by atoms with E-state index in [2.05, 4.69) is 24.5 Å². The van der Waals surface area contributed by atoms with Crippen LogP contribution in [0.25, 0.3) is 0 Å². The normalized spacial score (nSPS) is 19.8. The van der Waals surface area contributed by atoms with Gasteiger partial charge in [-0.25, -0.2) is 4.79 Å². The Balaban J connectivity index is 1.94. The van der Waals surface area contributed by atoms with Crippen LogP contribution in [0, 0.1) is 11.3 Å². The molecule has 28 heavy (non-hydrogen) atoms. The molecule has 0 saturated carbocycles. The summed E-state index contributed by atoms with van der Waals surface area (Å²) < 4.78 is 5.22. The minimum atomic E-state index is -0.720. The van der Waals surface area contributed by atoms with Crippen LogP contribution in [0.15, 0.2) is 24.3 Å². The number of nitrogens with zero attached hydrogens (tertiary/aromatic N) is 1. The highest BCUT2D eigenvalue weighted by atomic mass is 16.6. The largest absolute Gasteiger partial charge is 0.444 e. The van der Waals surface area contributed by atoms with E-state index < -0.39 is 17.2 Å². The summed E-state index contributed by atoms with van der Waals surface area (Å²) in [6.07, 6.45) is 0.225. The second-order valence-corrected chi connectivity index (χ2v) is 8.97. The summed E-state index contributed by atoms with van der Waals surface area (Å²) in [6.45, 7) is 12.2. The van der Waals surface area contributed by atoms with E-state index >= 15 is 0 Å². The maximum Gasteiger partial charge on any atom is 0.407 e. The van der Waals surface area contributed by atoms with E-state index in [9.17, 15) is 9.59 Å². The van der Waals surface area contributed by atoms with Crippen LogP contribution in [0.4, 0.5) is 4.79 Å². The van der Waals surface area contributed by atoms with Crippen LogP contribution in [-0.2, 0) is 22.6 Å². The van der Waals surface area contributed by atoms with Gasteiger partial charge in [-0.1, -0.05) is 38.1 Å². The number of rotatable bonds is 6. The molecule has 0 bridgehead atoms. The number of carbonyl (C=O) groups is 2. The predicted octanol–water partition coefficient (Wildman–Crippen LogP) is 3.38. The number of amides is 2. The summed E-state index contributed by atoms with van der Waals surface area (Å²) in [5.41, 5.74) is 0.608. The fourth-order valence-electron chi connectivity index (χ4n) is 3.32. The Morgan fingerprint density at radius 3 is 2.36 bits per heavy atom. The number of carbonyl (C=O) groups excluding carboxylic acids is 2. The molecule has 1 aliphatic heterocycles. The van der Waals surface area contributed by atoms with Gasteiger partial charge in [0.2, 0.25) is 0 Å². The molecular weight excluding hydrogens is 356 g/mol. The Kier molecular flexibility index (Phi) is 6.37. The average molecular weight is 389 g/mol. The van der Waals surface area contributed by atoms with Crippen molar-refractivity contribution in [1.82, 2.24) is 15.5 Å². The number of hydrogen-bond donors (Lipinski definition) is 3. The average Bonchev–Trinajstić information content (AvgIpc) is 2.75. The lowest BCUT2D eigenvalue weighted by Gasteiger charge is -2.24. The molecule has 7 nitrogen and oxygen atoms in total. The van der Waals surface area contributed by atoms with Crippen molar-refractivity contribution in [1.29, 1.82) is 5.41 Å². The van der Waals surface area contributed by atoms with Crippen LogP contribution in [0.2, 0.25) is 0 Å². The quantitative estimate of drug-likeness (QED) is 0.696. The first-order chi connectivity index (χ1) is 12.9. The first-order valence-corrected chi connectivity index (χ1v) is 9.63. The summed E-state index contributed by atoms with van der Waals surface area (Å²) in [5.74, 6) is 0.427. The molecule has 1 saturated heterocycles. The second-order valence-electron chi connectivity index (χ2n) is 8.97. The minimum Gasteiger partial charge on any atom is -0.444 e. The van der Waals surface area contributed by atoms with Gasteiger partial charge in [0.1, 0.15) is 11.1 Å². The lowest BCUT2D eigenvalue weighted by molar-refractivity contribution is -0.131. The van der Waals surface area contributed by atoms with E-state index in [-0.39, 0.29) is 11.9 Å². The van der Waals surface area contributed by atoms with Crippen molar-refractivity contribution in [2.24, 2.45) is 5.92 Å². The van der Waals surface area contributed by atoms with Crippen molar-refractivity contribution in [3.8, 4) is 0 Å². The molecule has 0 spiro atoms. The van der Waals surface area contributed by atoms with Gasteiger partial charge in [0.25, 0.3) is 5.91 Å². The Labute approximate surface area is 167 Å². The number of alkyl carbamates (subject to hydrolysis) is 1. The Bertz CT molecular complexity index is 737. The molecule has 154 valence electrons. The number of ether oxygens (including phenoxy) is 1. The molecule has 1 atom stereocenters. The topological polar surface area (TPSA) is 94.5 Å². The third-order valence-electron chi connectivity index (χ3n) is 4.40. The minimum absolute atomic E-state index is 0.0677. The van der Waals surface area contributed by atoms with Crippen LogP contribution in [0.1, 0.15) is 59.1 Å². The monoisotopic (exact) mass is 388 g/mol.